The van der Waals surface area contributed by atoms with E-state index in [1.54, 1.807) is 0 Å². The molecule has 3 heteroatoms. The Bertz CT molecular complexity index is 213. The summed E-state index contributed by atoms with van der Waals surface area (Å²) in [7, 11) is 2.25. The number of hydrogen-bond acceptors (Lipinski definition) is 3. The SMILES string of the molecule is CCCNCC1(CN(C)CC(C)C)CCCOC1. The number of hydrogen-bond donors (Lipinski definition) is 1. The Hall–Kier alpha value is -0.120. The number of nitrogens with zero attached hydrogens (tertiary/aromatic N) is 1. The van der Waals surface area contributed by atoms with E-state index in [2.05, 4.69) is 38.0 Å². The van der Waals surface area contributed by atoms with Crippen LogP contribution in [0.4, 0.5) is 0 Å². The zero-order valence-electron chi connectivity index (χ0n) is 12.8. The second-order valence-electron chi connectivity index (χ2n) is 6.42. The maximum Gasteiger partial charge on any atom is 0.0546 e. The van der Waals surface area contributed by atoms with E-state index >= 15 is 0 Å². The Kier molecular flexibility index (Phi) is 7.20. The zero-order chi connectivity index (χ0) is 13.4. The molecule has 0 radical (unpaired) electrons. The van der Waals surface area contributed by atoms with Crippen molar-refractivity contribution in [2.45, 2.75) is 40.0 Å². The first-order valence-electron chi connectivity index (χ1n) is 7.55. The number of ether oxygens (including phenoxy) is 1. The molecular formula is C15H32N2O. The first-order valence-corrected chi connectivity index (χ1v) is 7.55. The highest BCUT2D eigenvalue weighted by Crippen LogP contribution is 2.29. The van der Waals surface area contributed by atoms with Gasteiger partial charge in [-0.2, -0.15) is 0 Å². The summed E-state index contributed by atoms with van der Waals surface area (Å²) in [4.78, 5) is 2.48. The van der Waals surface area contributed by atoms with Crippen LogP contribution in [0.5, 0.6) is 0 Å². The summed E-state index contributed by atoms with van der Waals surface area (Å²) in [5.41, 5.74) is 0.330. The van der Waals surface area contributed by atoms with Gasteiger partial charge in [-0.15, -0.1) is 0 Å². The average Bonchev–Trinajstić information content (AvgIpc) is 2.29. The molecular weight excluding hydrogens is 224 g/mol. The molecule has 3 nitrogen and oxygen atoms in total. The van der Waals surface area contributed by atoms with Crippen LogP contribution in [-0.2, 0) is 4.74 Å². The lowest BCUT2D eigenvalue weighted by molar-refractivity contribution is -0.0237. The first kappa shape index (κ1) is 15.9. The van der Waals surface area contributed by atoms with Crippen LogP contribution < -0.4 is 5.32 Å². The topological polar surface area (TPSA) is 24.5 Å². The largest absolute Gasteiger partial charge is 0.381 e. The van der Waals surface area contributed by atoms with E-state index < -0.39 is 0 Å². The molecule has 1 fully saturated rings. The van der Waals surface area contributed by atoms with Crippen LogP contribution in [0.3, 0.4) is 0 Å². The van der Waals surface area contributed by atoms with Gasteiger partial charge >= 0.3 is 0 Å². The Labute approximate surface area is 113 Å². The van der Waals surface area contributed by atoms with Crippen molar-refractivity contribution >= 4 is 0 Å². The standard InChI is InChI=1S/C15H32N2O/c1-5-8-16-11-15(7-6-9-18-13-15)12-17(4)10-14(2)3/h14,16H,5-13H2,1-4H3. The van der Waals surface area contributed by atoms with Gasteiger partial charge in [0.15, 0.2) is 0 Å². The Morgan fingerprint density at radius 3 is 2.72 bits per heavy atom. The lowest BCUT2D eigenvalue weighted by Gasteiger charge is -2.40. The highest BCUT2D eigenvalue weighted by atomic mass is 16.5. The lowest BCUT2D eigenvalue weighted by atomic mass is 9.81. The third-order valence-corrected chi connectivity index (χ3v) is 3.61. The van der Waals surface area contributed by atoms with Crippen molar-refractivity contribution in [3.8, 4) is 0 Å². The fourth-order valence-corrected chi connectivity index (χ4v) is 3.02. The van der Waals surface area contributed by atoms with E-state index in [1.165, 1.54) is 25.8 Å². The molecule has 1 unspecified atom stereocenters. The predicted octanol–water partition coefficient (Wildman–Crippen LogP) is 2.37. The van der Waals surface area contributed by atoms with Gasteiger partial charge in [0.25, 0.3) is 0 Å². The molecule has 1 heterocycles. The normalized spacial score (nSPS) is 25.0. The molecule has 0 aliphatic carbocycles. The van der Waals surface area contributed by atoms with E-state index in [0.29, 0.717) is 5.41 Å². The highest BCUT2D eigenvalue weighted by molar-refractivity contribution is 4.86. The smallest absolute Gasteiger partial charge is 0.0546 e. The minimum absolute atomic E-state index is 0.330. The molecule has 18 heavy (non-hydrogen) atoms. The molecule has 1 atom stereocenters. The average molecular weight is 256 g/mol. The van der Waals surface area contributed by atoms with Gasteiger partial charge in [0, 0.05) is 31.7 Å². The molecule has 1 saturated heterocycles. The Morgan fingerprint density at radius 2 is 2.17 bits per heavy atom. The van der Waals surface area contributed by atoms with Crippen LogP contribution in [0.1, 0.15) is 40.0 Å². The first-order chi connectivity index (χ1) is 8.58. The Balaban J connectivity index is 2.48. The van der Waals surface area contributed by atoms with Crippen molar-refractivity contribution in [2.75, 3.05) is 46.4 Å². The van der Waals surface area contributed by atoms with Crippen LogP contribution in [0.25, 0.3) is 0 Å². The van der Waals surface area contributed by atoms with Gasteiger partial charge in [-0.1, -0.05) is 20.8 Å². The van der Waals surface area contributed by atoms with Gasteiger partial charge in [-0.05, 0) is 38.8 Å². The monoisotopic (exact) mass is 256 g/mol. The molecule has 1 aliphatic heterocycles. The predicted molar refractivity (Wildman–Crippen MR) is 78.0 cm³/mol. The van der Waals surface area contributed by atoms with Crippen LogP contribution >= 0.6 is 0 Å². The maximum atomic E-state index is 5.76. The molecule has 1 N–H and O–H groups in total. The minimum atomic E-state index is 0.330. The van der Waals surface area contributed by atoms with Crippen molar-refractivity contribution < 1.29 is 4.74 Å². The van der Waals surface area contributed by atoms with E-state index in [-0.39, 0.29) is 0 Å². The van der Waals surface area contributed by atoms with Crippen molar-refractivity contribution in [3.05, 3.63) is 0 Å². The van der Waals surface area contributed by atoms with Crippen molar-refractivity contribution in [1.82, 2.24) is 10.2 Å². The summed E-state index contributed by atoms with van der Waals surface area (Å²) in [5, 5.41) is 3.60. The molecule has 0 spiro atoms. The van der Waals surface area contributed by atoms with Gasteiger partial charge in [0.2, 0.25) is 0 Å². The van der Waals surface area contributed by atoms with Gasteiger partial charge < -0.3 is 15.0 Å². The number of rotatable bonds is 8. The third-order valence-electron chi connectivity index (χ3n) is 3.61. The quantitative estimate of drug-likeness (QED) is 0.675. The summed E-state index contributed by atoms with van der Waals surface area (Å²) >= 11 is 0. The molecule has 0 bridgehead atoms. The molecule has 0 amide bonds. The van der Waals surface area contributed by atoms with Crippen LogP contribution in [0.2, 0.25) is 0 Å². The highest BCUT2D eigenvalue weighted by Gasteiger charge is 2.33. The Morgan fingerprint density at radius 1 is 1.39 bits per heavy atom. The van der Waals surface area contributed by atoms with Crippen molar-refractivity contribution in [1.29, 1.82) is 0 Å². The minimum Gasteiger partial charge on any atom is -0.381 e. The van der Waals surface area contributed by atoms with Gasteiger partial charge in [0.1, 0.15) is 0 Å². The number of nitrogens with one attached hydrogen (secondary N) is 1. The maximum absolute atomic E-state index is 5.76. The summed E-state index contributed by atoms with van der Waals surface area (Å²) in [6.45, 7) is 13.2. The second kappa shape index (κ2) is 8.13. The molecule has 0 aromatic heterocycles. The summed E-state index contributed by atoms with van der Waals surface area (Å²) in [6, 6.07) is 0. The zero-order valence-corrected chi connectivity index (χ0v) is 12.8. The second-order valence-corrected chi connectivity index (χ2v) is 6.42. The van der Waals surface area contributed by atoms with Crippen LogP contribution in [0.15, 0.2) is 0 Å². The van der Waals surface area contributed by atoms with E-state index in [9.17, 15) is 0 Å². The van der Waals surface area contributed by atoms with Crippen molar-refractivity contribution in [3.63, 3.8) is 0 Å². The fourth-order valence-electron chi connectivity index (χ4n) is 3.02. The van der Waals surface area contributed by atoms with E-state index in [1.807, 2.05) is 0 Å². The molecule has 0 aromatic carbocycles. The fraction of sp³-hybridized carbons (Fsp3) is 1.00. The molecule has 1 aliphatic rings. The van der Waals surface area contributed by atoms with E-state index in [4.69, 9.17) is 4.74 Å². The van der Waals surface area contributed by atoms with Crippen LogP contribution in [0, 0.1) is 11.3 Å². The molecule has 1 rings (SSSR count). The third kappa shape index (κ3) is 5.68. The summed E-state index contributed by atoms with van der Waals surface area (Å²) < 4.78 is 5.76. The molecule has 0 aromatic rings. The van der Waals surface area contributed by atoms with Gasteiger partial charge in [-0.25, -0.2) is 0 Å². The molecule has 0 saturated carbocycles. The van der Waals surface area contributed by atoms with Gasteiger partial charge in [-0.3, -0.25) is 0 Å². The van der Waals surface area contributed by atoms with Crippen LogP contribution in [-0.4, -0.2) is 51.3 Å². The molecule has 108 valence electrons. The summed E-state index contributed by atoms with van der Waals surface area (Å²) in [6.07, 6.45) is 3.72. The lowest BCUT2D eigenvalue weighted by Crippen LogP contribution is -2.48. The van der Waals surface area contributed by atoms with Gasteiger partial charge in [0.05, 0.1) is 6.61 Å². The van der Waals surface area contributed by atoms with Crippen molar-refractivity contribution in [2.24, 2.45) is 11.3 Å². The summed E-state index contributed by atoms with van der Waals surface area (Å²) in [5.74, 6) is 0.736. The van der Waals surface area contributed by atoms with E-state index in [0.717, 1.165) is 38.8 Å².